The highest BCUT2D eigenvalue weighted by atomic mass is 16.6. The minimum atomic E-state index is -0.226. The molecule has 0 bridgehead atoms. The summed E-state index contributed by atoms with van der Waals surface area (Å²) in [5.74, 6) is 2.87. The van der Waals surface area contributed by atoms with Crippen molar-refractivity contribution in [2.45, 2.75) is 6.54 Å². The van der Waals surface area contributed by atoms with E-state index in [4.69, 9.17) is 23.7 Å². The maximum atomic E-state index is 12.2. The van der Waals surface area contributed by atoms with Crippen molar-refractivity contribution in [1.29, 1.82) is 0 Å². The Hall–Kier alpha value is -3.35. The van der Waals surface area contributed by atoms with E-state index in [1.165, 1.54) is 6.08 Å². The van der Waals surface area contributed by atoms with Crippen LogP contribution in [0.3, 0.4) is 0 Å². The van der Waals surface area contributed by atoms with Crippen LogP contribution < -0.4 is 29.0 Å². The molecule has 0 fully saturated rings. The van der Waals surface area contributed by atoms with E-state index in [1.54, 1.807) is 39.5 Å². The highest BCUT2D eigenvalue weighted by Crippen LogP contribution is 2.40. The van der Waals surface area contributed by atoms with Gasteiger partial charge in [0.25, 0.3) is 0 Å². The number of carbonyl (C=O) groups is 1. The van der Waals surface area contributed by atoms with E-state index in [-0.39, 0.29) is 5.91 Å². The largest absolute Gasteiger partial charge is 0.497 e. The zero-order valence-electron chi connectivity index (χ0n) is 16.1. The summed E-state index contributed by atoms with van der Waals surface area (Å²) in [7, 11) is 4.74. The lowest BCUT2D eigenvalue weighted by molar-refractivity contribution is -0.116. The number of nitrogens with one attached hydrogen (secondary N) is 1. The van der Waals surface area contributed by atoms with Crippen molar-refractivity contribution < 1.29 is 28.5 Å². The van der Waals surface area contributed by atoms with E-state index in [0.29, 0.717) is 48.5 Å². The third-order valence-electron chi connectivity index (χ3n) is 4.16. The standard InChI is InChI=1S/C21H23NO6/c1-24-16-8-15(9-17(12-16)25-2)13-22-20(23)5-4-14-10-18(26-3)21-19(11-14)27-6-7-28-21/h4-5,8-12H,6-7,13H2,1-3H3,(H,22,23)/b5-4+. The fraction of sp³-hybridized carbons (Fsp3) is 0.286. The average Bonchev–Trinajstić information content (AvgIpc) is 2.75. The molecule has 1 aliphatic rings. The molecular formula is C21H23NO6. The molecule has 148 valence electrons. The van der Waals surface area contributed by atoms with Crippen LogP contribution in [0.1, 0.15) is 11.1 Å². The SMILES string of the molecule is COc1cc(CNC(=O)/C=C/c2cc(OC)c3c(c2)OCCO3)cc(OC)c1. The average molecular weight is 385 g/mol. The maximum absolute atomic E-state index is 12.2. The van der Waals surface area contributed by atoms with Gasteiger partial charge in [0.15, 0.2) is 11.5 Å². The lowest BCUT2D eigenvalue weighted by atomic mass is 10.1. The van der Waals surface area contributed by atoms with Crippen molar-refractivity contribution in [1.82, 2.24) is 5.32 Å². The third kappa shape index (κ3) is 4.68. The second kappa shape index (κ2) is 9.03. The summed E-state index contributed by atoms with van der Waals surface area (Å²) in [6.07, 6.45) is 3.16. The summed E-state index contributed by atoms with van der Waals surface area (Å²) in [5, 5.41) is 2.84. The van der Waals surface area contributed by atoms with E-state index >= 15 is 0 Å². The van der Waals surface area contributed by atoms with Gasteiger partial charge in [0.2, 0.25) is 11.7 Å². The van der Waals surface area contributed by atoms with Gasteiger partial charge in [-0.1, -0.05) is 0 Å². The Morgan fingerprint density at radius 1 is 1.00 bits per heavy atom. The molecule has 2 aromatic carbocycles. The molecule has 1 N–H and O–H groups in total. The van der Waals surface area contributed by atoms with Crippen molar-refractivity contribution in [3.8, 4) is 28.7 Å². The summed E-state index contributed by atoms with van der Waals surface area (Å²) in [4.78, 5) is 12.2. The molecule has 1 aliphatic heterocycles. The molecule has 7 nitrogen and oxygen atoms in total. The molecule has 0 saturated heterocycles. The zero-order chi connectivity index (χ0) is 19.9. The number of rotatable bonds is 7. The normalized spacial score (nSPS) is 12.5. The van der Waals surface area contributed by atoms with Gasteiger partial charge in [-0.05, 0) is 41.5 Å². The first-order valence-electron chi connectivity index (χ1n) is 8.78. The molecule has 2 aromatic rings. The van der Waals surface area contributed by atoms with Gasteiger partial charge >= 0.3 is 0 Å². The van der Waals surface area contributed by atoms with Crippen molar-refractivity contribution in [3.63, 3.8) is 0 Å². The summed E-state index contributed by atoms with van der Waals surface area (Å²) >= 11 is 0. The van der Waals surface area contributed by atoms with Crippen LogP contribution in [0.15, 0.2) is 36.4 Å². The molecule has 0 saturated carbocycles. The Labute approximate surface area is 163 Å². The Kier molecular flexibility index (Phi) is 6.26. The number of hydrogen-bond donors (Lipinski definition) is 1. The Balaban J connectivity index is 1.66. The molecule has 1 heterocycles. The van der Waals surface area contributed by atoms with Crippen molar-refractivity contribution in [2.75, 3.05) is 34.5 Å². The van der Waals surface area contributed by atoms with Gasteiger partial charge in [-0.15, -0.1) is 0 Å². The fourth-order valence-corrected chi connectivity index (χ4v) is 2.78. The smallest absolute Gasteiger partial charge is 0.244 e. The van der Waals surface area contributed by atoms with Crippen molar-refractivity contribution in [3.05, 3.63) is 47.5 Å². The first kappa shape index (κ1) is 19.4. The Bertz CT molecular complexity index is 838. The molecule has 0 radical (unpaired) electrons. The molecule has 0 unspecified atom stereocenters. The number of hydrogen-bond acceptors (Lipinski definition) is 6. The number of benzene rings is 2. The van der Waals surface area contributed by atoms with E-state index in [1.807, 2.05) is 18.2 Å². The van der Waals surface area contributed by atoms with E-state index in [0.717, 1.165) is 11.1 Å². The summed E-state index contributed by atoms with van der Waals surface area (Å²) in [6, 6.07) is 9.08. The van der Waals surface area contributed by atoms with Crippen LogP contribution in [0.25, 0.3) is 6.08 Å². The first-order chi connectivity index (χ1) is 13.6. The van der Waals surface area contributed by atoms with E-state index in [2.05, 4.69) is 5.32 Å². The molecule has 28 heavy (non-hydrogen) atoms. The van der Waals surface area contributed by atoms with Crippen LogP contribution in [-0.4, -0.2) is 40.5 Å². The lowest BCUT2D eigenvalue weighted by Gasteiger charge is -2.20. The molecule has 0 spiro atoms. The molecule has 1 amide bonds. The lowest BCUT2D eigenvalue weighted by Crippen LogP contribution is -2.20. The van der Waals surface area contributed by atoms with Gasteiger partial charge < -0.3 is 29.0 Å². The second-order valence-electron chi connectivity index (χ2n) is 6.02. The summed E-state index contributed by atoms with van der Waals surface area (Å²) in [6.45, 7) is 1.31. The van der Waals surface area contributed by atoms with Crippen LogP contribution in [-0.2, 0) is 11.3 Å². The maximum Gasteiger partial charge on any atom is 0.244 e. The van der Waals surface area contributed by atoms with Gasteiger partial charge in [-0.3, -0.25) is 4.79 Å². The molecule has 0 atom stereocenters. The molecule has 3 rings (SSSR count). The van der Waals surface area contributed by atoms with Gasteiger partial charge in [0.1, 0.15) is 24.7 Å². The van der Waals surface area contributed by atoms with E-state index in [9.17, 15) is 4.79 Å². The fourth-order valence-electron chi connectivity index (χ4n) is 2.78. The van der Waals surface area contributed by atoms with Gasteiger partial charge in [-0.2, -0.15) is 0 Å². The third-order valence-corrected chi connectivity index (χ3v) is 4.16. The topological polar surface area (TPSA) is 75.3 Å². The summed E-state index contributed by atoms with van der Waals surface area (Å²) in [5.41, 5.74) is 1.65. The first-order valence-corrected chi connectivity index (χ1v) is 8.78. The van der Waals surface area contributed by atoms with Crippen LogP contribution in [0, 0.1) is 0 Å². The van der Waals surface area contributed by atoms with Crippen LogP contribution in [0.5, 0.6) is 28.7 Å². The minimum Gasteiger partial charge on any atom is -0.497 e. The quantitative estimate of drug-likeness (QED) is 0.739. The monoisotopic (exact) mass is 385 g/mol. The predicted octanol–water partition coefficient (Wildman–Crippen LogP) is 2.81. The molecule has 0 aromatic heterocycles. The Morgan fingerprint density at radius 3 is 2.39 bits per heavy atom. The van der Waals surface area contributed by atoms with E-state index < -0.39 is 0 Å². The molecule has 7 heteroatoms. The zero-order valence-corrected chi connectivity index (χ0v) is 16.1. The predicted molar refractivity (Wildman–Crippen MR) is 104 cm³/mol. The number of amides is 1. The highest BCUT2D eigenvalue weighted by molar-refractivity contribution is 5.91. The number of carbonyl (C=O) groups excluding carboxylic acids is 1. The van der Waals surface area contributed by atoms with Crippen molar-refractivity contribution in [2.24, 2.45) is 0 Å². The number of ether oxygens (including phenoxy) is 5. The van der Waals surface area contributed by atoms with Crippen molar-refractivity contribution >= 4 is 12.0 Å². The van der Waals surface area contributed by atoms with Crippen LogP contribution in [0.2, 0.25) is 0 Å². The van der Waals surface area contributed by atoms with Crippen LogP contribution >= 0.6 is 0 Å². The van der Waals surface area contributed by atoms with Gasteiger partial charge in [-0.25, -0.2) is 0 Å². The molecular weight excluding hydrogens is 362 g/mol. The minimum absolute atomic E-state index is 0.226. The Morgan fingerprint density at radius 2 is 1.71 bits per heavy atom. The number of methoxy groups -OCH3 is 3. The highest BCUT2D eigenvalue weighted by Gasteiger charge is 2.17. The van der Waals surface area contributed by atoms with Gasteiger partial charge in [0.05, 0.1) is 21.3 Å². The number of fused-ring (bicyclic) bond motifs is 1. The van der Waals surface area contributed by atoms with Gasteiger partial charge in [0, 0.05) is 18.7 Å². The van der Waals surface area contributed by atoms with Crippen LogP contribution in [0.4, 0.5) is 0 Å². The second-order valence-corrected chi connectivity index (χ2v) is 6.02. The molecule has 0 aliphatic carbocycles. The summed E-state index contributed by atoms with van der Waals surface area (Å²) < 4.78 is 27.0.